The molecule has 0 saturated carbocycles. The second kappa shape index (κ2) is 3.62. The fraction of sp³-hybridized carbons (Fsp3) is 0. The largest absolute Gasteiger partial charge is 0.204 e. The van der Waals surface area contributed by atoms with Gasteiger partial charge in [0.15, 0.2) is 0 Å². The number of hydrogen-bond donors (Lipinski definition) is 1. The van der Waals surface area contributed by atoms with E-state index in [1.807, 2.05) is 12.1 Å². The molecule has 0 amide bonds. The fourth-order valence-corrected chi connectivity index (χ4v) is 1.07. The molecule has 1 aromatic carbocycles. The van der Waals surface area contributed by atoms with Crippen LogP contribution < -0.4 is 0 Å². The highest BCUT2D eigenvalue weighted by atomic mass is 15.0. The van der Waals surface area contributed by atoms with Crippen molar-refractivity contribution in [3.8, 4) is 0 Å². The first-order chi connectivity index (χ1) is 5.83. The number of benzene rings is 1. The molecule has 0 spiro atoms. The number of hydrogen-bond acceptors (Lipinski definition) is 2. The number of nitrogens with zero attached hydrogens (tertiary/aromatic N) is 1. The molecule has 60 valence electrons. The molecule has 0 aromatic heterocycles. The van der Waals surface area contributed by atoms with Crippen molar-refractivity contribution in [3.63, 3.8) is 0 Å². The van der Waals surface area contributed by atoms with Gasteiger partial charge in [-0.2, -0.15) is 5.11 Å². The van der Waals surface area contributed by atoms with E-state index in [-0.39, 0.29) is 0 Å². The van der Waals surface area contributed by atoms with Gasteiger partial charge in [-0.1, -0.05) is 37.4 Å². The van der Waals surface area contributed by atoms with E-state index in [0.29, 0.717) is 5.69 Å². The minimum Gasteiger partial charge on any atom is -0.204 e. The Kier molecular flexibility index (Phi) is 2.53. The van der Waals surface area contributed by atoms with Crippen molar-refractivity contribution >= 4 is 17.8 Å². The topological polar surface area (TPSA) is 36.2 Å². The SMILES string of the molecule is C=Cc1cccc(N=N)c1C=C. The zero-order valence-corrected chi connectivity index (χ0v) is 6.75. The van der Waals surface area contributed by atoms with Crippen LogP contribution in [0.15, 0.2) is 36.5 Å². The highest BCUT2D eigenvalue weighted by molar-refractivity contribution is 5.72. The molecule has 0 unspecified atom stereocenters. The van der Waals surface area contributed by atoms with Crippen LogP contribution in [-0.4, -0.2) is 0 Å². The summed E-state index contributed by atoms with van der Waals surface area (Å²) in [5.74, 6) is 0. The Balaban J connectivity index is 3.40. The molecule has 1 N–H and O–H groups in total. The van der Waals surface area contributed by atoms with Crippen LogP contribution in [0.5, 0.6) is 0 Å². The minimum absolute atomic E-state index is 0.627. The Morgan fingerprint density at radius 2 is 2.00 bits per heavy atom. The third kappa shape index (κ3) is 1.32. The smallest absolute Gasteiger partial charge is 0.0928 e. The minimum atomic E-state index is 0.627. The Hall–Kier alpha value is -1.70. The molecule has 2 nitrogen and oxygen atoms in total. The summed E-state index contributed by atoms with van der Waals surface area (Å²) < 4.78 is 0. The number of rotatable bonds is 3. The molecule has 0 fully saturated rings. The van der Waals surface area contributed by atoms with Gasteiger partial charge in [-0.15, -0.1) is 0 Å². The van der Waals surface area contributed by atoms with Gasteiger partial charge in [0.25, 0.3) is 0 Å². The molecule has 1 rings (SSSR count). The average molecular weight is 158 g/mol. The van der Waals surface area contributed by atoms with Gasteiger partial charge in [-0.05, 0) is 11.6 Å². The van der Waals surface area contributed by atoms with Crippen LogP contribution in [0.3, 0.4) is 0 Å². The average Bonchev–Trinajstić information content (AvgIpc) is 2.16. The summed E-state index contributed by atoms with van der Waals surface area (Å²) in [6.07, 6.45) is 3.41. The summed E-state index contributed by atoms with van der Waals surface area (Å²) in [5.41, 5.74) is 9.35. The first kappa shape index (κ1) is 8.40. The summed E-state index contributed by atoms with van der Waals surface area (Å²) in [7, 11) is 0. The van der Waals surface area contributed by atoms with Gasteiger partial charge in [0.2, 0.25) is 0 Å². The maximum absolute atomic E-state index is 6.90. The first-order valence-corrected chi connectivity index (χ1v) is 3.59. The van der Waals surface area contributed by atoms with Crippen molar-refractivity contribution in [2.24, 2.45) is 5.11 Å². The highest BCUT2D eigenvalue weighted by Crippen LogP contribution is 2.24. The lowest BCUT2D eigenvalue weighted by Crippen LogP contribution is -1.79. The molecule has 12 heavy (non-hydrogen) atoms. The van der Waals surface area contributed by atoms with Crippen LogP contribution in [0.2, 0.25) is 0 Å². The van der Waals surface area contributed by atoms with Crippen molar-refractivity contribution in [2.75, 3.05) is 0 Å². The summed E-state index contributed by atoms with van der Waals surface area (Å²) in [6, 6.07) is 5.53. The normalized spacial score (nSPS) is 9.00. The van der Waals surface area contributed by atoms with E-state index in [1.54, 1.807) is 18.2 Å². The van der Waals surface area contributed by atoms with Crippen molar-refractivity contribution in [2.45, 2.75) is 0 Å². The van der Waals surface area contributed by atoms with Gasteiger partial charge >= 0.3 is 0 Å². The fourth-order valence-electron chi connectivity index (χ4n) is 1.07. The molecule has 0 atom stereocenters. The predicted octanol–water partition coefficient (Wildman–Crippen LogP) is 3.64. The molecule has 0 aliphatic carbocycles. The zero-order chi connectivity index (χ0) is 8.97. The molecular weight excluding hydrogens is 148 g/mol. The van der Waals surface area contributed by atoms with Crippen LogP contribution in [-0.2, 0) is 0 Å². The Labute approximate surface area is 71.7 Å². The van der Waals surface area contributed by atoms with Gasteiger partial charge in [-0.3, -0.25) is 0 Å². The zero-order valence-electron chi connectivity index (χ0n) is 6.75. The van der Waals surface area contributed by atoms with E-state index in [2.05, 4.69) is 18.3 Å². The van der Waals surface area contributed by atoms with E-state index in [1.165, 1.54) is 0 Å². The maximum atomic E-state index is 6.90. The lowest BCUT2D eigenvalue weighted by atomic mass is 10.1. The van der Waals surface area contributed by atoms with Gasteiger partial charge in [0.05, 0.1) is 5.69 Å². The van der Waals surface area contributed by atoms with Gasteiger partial charge in [0.1, 0.15) is 0 Å². The lowest BCUT2D eigenvalue weighted by molar-refractivity contribution is 1.14. The summed E-state index contributed by atoms with van der Waals surface area (Å²) in [5, 5.41) is 3.38. The van der Waals surface area contributed by atoms with E-state index in [4.69, 9.17) is 5.53 Å². The maximum Gasteiger partial charge on any atom is 0.0928 e. The third-order valence-corrected chi connectivity index (χ3v) is 1.66. The van der Waals surface area contributed by atoms with E-state index in [0.717, 1.165) is 11.1 Å². The highest BCUT2D eigenvalue weighted by Gasteiger charge is 2.00. The molecular formula is C10H10N2. The van der Waals surface area contributed by atoms with Crippen molar-refractivity contribution in [1.82, 2.24) is 0 Å². The monoisotopic (exact) mass is 158 g/mol. The van der Waals surface area contributed by atoms with E-state index >= 15 is 0 Å². The van der Waals surface area contributed by atoms with Crippen molar-refractivity contribution in [3.05, 3.63) is 42.5 Å². The first-order valence-electron chi connectivity index (χ1n) is 3.59. The Bertz CT molecular complexity index is 300. The molecule has 0 aliphatic heterocycles. The van der Waals surface area contributed by atoms with Crippen molar-refractivity contribution < 1.29 is 0 Å². The second-order valence-corrected chi connectivity index (χ2v) is 2.30. The predicted molar refractivity (Wildman–Crippen MR) is 51.4 cm³/mol. The second-order valence-electron chi connectivity index (χ2n) is 2.30. The van der Waals surface area contributed by atoms with Crippen LogP contribution >= 0.6 is 0 Å². The molecule has 2 heteroatoms. The summed E-state index contributed by atoms with van der Waals surface area (Å²) >= 11 is 0. The van der Waals surface area contributed by atoms with Gasteiger partial charge in [0, 0.05) is 5.56 Å². The van der Waals surface area contributed by atoms with Crippen LogP contribution in [0.4, 0.5) is 5.69 Å². The molecule has 1 aromatic rings. The van der Waals surface area contributed by atoms with Crippen molar-refractivity contribution in [1.29, 1.82) is 5.53 Å². The van der Waals surface area contributed by atoms with Gasteiger partial charge in [-0.25, -0.2) is 5.53 Å². The van der Waals surface area contributed by atoms with E-state index in [9.17, 15) is 0 Å². The quantitative estimate of drug-likeness (QED) is 0.652. The molecule has 0 heterocycles. The van der Waals surface area contributed by atoms with Gasteiger partial charge < -0.3 is 0 Å². The third-order valence-electron chi connectivity index (χ3n) is 1.66. The van der Waals surface area contributed by atoms with E-state index < -0.39 is 0 Å². The standard InChI is InChI=1S/C10H10N2/c1-3-8-6-5-7-10(12-11)9(8)4-2/h3-7,11H,1-2H2. The molecule has 0 bridgehead atoms. The summed E-state index contributed by atoms with van der Waals surface area (Å²) in [6.45, 7) is 7.32. The van der Waals surface area contributed by atoms with Crippen LogP contribution in [0.25, 0.3) is 12.2 Å². The molecule has 0 saturated heterocycles. The van der Waals surface area contributed by atoms with Crippen LogP contribution in [0.1, 0.15) is 11.1 Å². The Morgan fingerprint density at radius 3 is 2.50 bits per heavy atom. The Morgan fingerprint density at radius 1 is 1.25 bits per heavy atom. The lowest BCUT2D eigenvalue weighted by Gasteiger charge is -2.02. The molecule has 0 aliphatic rings. The van der Waals surface area contributed by atoms with Crippen LogP contribution in [0, 0.1) is 5.53 Å². The summed E-state index contributed by atoms with van der Waals surface area (Å²) in [4.78, 5) is 0. The molecule has 0 radical (unpaired) electrons. The number of nitrogens with one attached hydrogen (secondary N) is 1.